The minimum atomic E-state index is -0.427. The van der Waals surface area contributed by atoms with E-state index in [1.165, 1.54) is 25.0 Å². The van der Waals surface area contributed by atoms with Gasteiger partial charge in [-0.2, -0.15) is 0 Å². The van der Waals surface area contributed by atoms with Crippen LogP contribution in [0.2, 0.25) is 0 Å². The zero-order chi connectivity index (χ0) is 21.6. The molecule has 0 saturated carbocycles. The van der Waals surface area contributed by atoms with Crippen LogP contribution in [0.5, 0.6) is 0 Å². The van der Waals surface area contributed by atoms with E-state index in [9.17, 15) is 14.9 Å². The van der Waals surface area contributed by atoms with Crippen molar-refractivity contribution in [3.8, 4) is 11.3 Å². The zero-order valence-corrected chi connectivity index (χ0v) is 17.2. The number of benzene rings is 2. The normalized spacial score (nSPS) is 12.8. The molecule has 8 nitrogen and oxygen atoms in total. The Balaban J connectivity index is 1.26. The van der Waals surface area contributed by atoms with Gasteiger partial charge < -0.3 is 15.2 Å². The number of imidazole rings is 1. The van der Waals surface area contributed by atoms with Gasteiger partial charge in [0.15, 0.2) is 0 Å². The first-order chi connectivity index (χ1) is 15.1. The van der Waals surface area contributed by atoms with E-state index in [0.717, 1.165) is 41.4 Å². The van der Waals surface area contributed by atoms with Crippen molar-refractivity contribution in [2.24, 2.45) is 0 Å². The number of hydrogen-bond donors (Lipinski definition) is 2. The molecule has 0 aliphatic carbocycles. The summed E-state index contributed by atoms with van der Waals surface area (Å²) in [4.78, 5) is 27.3. The topological polar surface area (TPSA) is 102 Å². The SMILES string of the molecule is O=C(CCCNc1ccc([N+](=O)[O-])cc1)Nc1cccc(-c2cn3c(n2)CCCC3)c1. The zero-order valence-electron chi connectivity index (χ0n) is 17.2. The Morgan fingerprint density at radius 1 is 1.13 bits per heavy atom. The maximum Gasteiger partial charge on any atom is 0.269 e. The van der Waals surface area contributed by atoms with Gasteiger partial charge in [0.05, 0.1) is 10.6 Å². The van der Waals surface area contributed by atoms with Gasteiger partial charge in [0.2, 0.25) is 5.91 Å². The van der Waals surface area contributed by atoms with Crippen LogP contribution in [0.4, 0.5) is 17.1 Å². The van der Waals surface area contributed by atoms with E-state index in [4.69, 9.17) is 4.98 Å². The van der Waals surface area contributed by atoms with Crippen LogP contribution in [-0.2, 0) is 17.8 Å². The molecular formula is C23H25N5O3. The number of nitrogens with zero attached hydrogens (tertiary/aromatic N) is 3. The molecule has 160 valence electrons. The predicted octanol–water partition coefficient (Wildman–Crippen LogP) is 4.63. The summed E-state index contributed by atoms with van der Waals surface area (Å²) in [6.45, 7) is 1.62. The smallest absolute Gasteiger partial charge is 0.269 e. The number of nitro groups is 1. The monoisotopic (exact) mass is 419 g/mol. The van der Waals surface area contributed by atoms with Gasteiger partial charge in [-0.3, -0.25) is 14.9 Å². The molecule has 2 heterocycles. The molecule has 1 aliphatic heterocycles. The van der Waals surface area contributed by atoms with E-state index in [1.807, 2.05) is 24.3 Å². The van der Waals surface area contributed by atoms with Crippen LogP contribution in [0.1, 0.15) is 31.5 Å². The number of anilines is 2. The molecule has 31 heavy (non-hydrogen) atoms. The molecule has 0 radical (unpaired) electrons. The second-order valence-electron chi connectivity index (χ2n) is 7.66. The van der Waals surface area contributed by atoms with E-state index in [0.29, 0.717) is 19.4 Å². The molecule has 8 heteroatoms. The Morgan fingerprint density at radius 2 is 1.97 bits per heavy atom. The highest BCUT2D eigenvalue weighted by molar-refractivity contribution is 5.91. The van der Waals surface area contributed by atoms with Crippen LogP contribution in [0.25, 0.3) is 11.3 Å². The molecule has 2 N–H and O–H groups in total. The van der Waals surface area contributed by atoms with Crippen LogP contribution in [0, 0.1) is 10.1 Å². The summed E-state index contributed by atoms with van der Waals surface area (Å²) in [5, 5.41) is 16.8. The molecular weight excluding hydrogens is 394 g/mol. The number of nitro benzene ring substituents is 1. The van der Waals surface area contributed by atoms with Crippen LogP contribution in [-0.4, -0.2) is 26.9 Å². The molecule has 0 bridgehead atoms. The molecule has 1 aromatic heterocycles. The van der Waals surface area contributed by atoms with Crippen molar-refractivity contribution in [2.75, 3.05) is 17.2 Å². The first-order valence-electron chi connectivity index (χ1n) is 10.5. The molecule has 4 rings (SSSR count). The number of non-ortho nitro benzene ring substituents is 1. The van der Waals surface area contributed by atoms with E-state index in [-0.39, 0.29) is 11.6 Å². The predicted molar refractivity (Wildman–Crippen MR) is 120 cm³/mol. The molecule has 0 saturated heterocycles. The highest BCUT2D eigenvalue weighted by Gasteiger charge is 2.13. The Kier molecular flexibility index (Phi) is 6.26. The second kappa shape index (κ2) is 9.42. The number of carbonyl (C=O) groups excluding carboxylic acids is 1. The Morgan fingerprint density at radius 3 is 2.74 bits per heavy atom. The van der Waals surface area contributed by atoms with Gasteiger partial charge in [-0.1, -0.05) is 12.1 Å². The lowest BCUT2D eigenvalue weighted by atomic mass is 10.1. The lowest BCUT2D eigenvalue weighted by Crippen LogP contribution is -2.13. The van der Waals surface area contributed by atoms with Crippen molar-refractivity contribution in [3.63, 3.8) is 0 Å². The van der Waals surface area contributed by atoms with Gasteiger partial charge in [-0.15, -0.1) is 0 Å². The fraction of sp³-hybridized carbons (Fsp3) is 0.304. The second-order valence-corrected chi connectivity index (χ2v) is 7.66. The number of hydrogen-bond acceptors (Lipinski definition) is 5. The fourth-order valence-electron chi connectivity index (χ4n) is 3.71. The number of carbonyl (C=O) groups is 1. The summed E-state index contributed by atoms with van der Waals surface area (Å²) in [6.07, 6.45) is 6.52. The first-order valence-corrected chi connectivity index (χ1v) is 10.5. The summed E-state index contributed by atoms with van der Waals surface area (Å²) >= 11 is 0. The summed E-state index contributed by atoms with van der Waals surface area (Å²) in [7, 11) is 0. The van der Waals surface area contributed by atoms with E-state index in [2.05, 4.69) is 21.4 Å². The average molecular weight is 419 g/mol. The molecule has 0 fully saturated rings. The fourth-order valence-corrected chi connectivity index (χ4v) is 3.71. The number of fused-ring (bicyclic) bond motifs is 1. The van der Waals surface area contributed by atoms with E-state index < -0.39 is 4.92 Å². The Bertz CT molecular complexity index is 1050. The third-order valence-corrected chi connectivity index (χ3v) is 5.34. The Labute approximate surface area is 180 Å². The van der Waals surface area contributed by atoms with Crippen LogP contribution < -0.4 is 10.6 Å². The quantitative estimate of drug-likeness (QED) is 0.315. The van der Waals surface area contributed by atoms with E-state index in [1.54, 1.807) is 12.1 Å². The molecule has 3 aromatic rings. The summed E-state index contributed by atoms with van der Waals surface area (Å²) in [5.41, 5.74) is 3.56. The van der Waals surface area contributed by atoms with Crippen molar-refractivity contribution in [3.05, 3.63) is 70.7 Å². The molecule has 1 amide bonds. The van der Waals surface area contributed by atoms with Gasteiger partial charge in [-0.25, -0.2) is 4.98 Å². The summed E-state index contributed by atoms with van der Waals surface area (Å²) in [6, 6.07) is 14.0. The number of aromatic nitrogens is 2. The third-order valence-electron chi connectivity index (χ3n) is 5.34. The van der Waals surface area contributed by atoms with Crippen molar-refractivity contribution in [2.45, 2.75) is 38.6 Å². The standard InChI is InChI=1S/C23H25N5O3/c29-23(8-4-13-24-18-9-11-20(12-10-18)28(30)31)25-19-6-3-5-17(15-19)21-16-27-14-2-1-7-22(27)26-21/h3,5-6,9-12,15-16,24H,1-2,4,7-8,13-14H2,(H,25,29). The summed E-state index contributed by atoms with van der Waals surface area (Å²) < 4.78 is 2.22. The lowest BCUT2D eigenvalue weighted by Gasteiger charge is -2.11. The van der Waals surface area contributed by atoms with Crippen molar-refractivity contribution in [1.29, 1.82) is 0 Å². The number of amides is 1. The average Bonchev–Trinajstić information content (AvgIpc) is 3.22. The molecule has 2 aromatic carbocycles. The van der Waals surface area contributed by atoms with Crippen molar-refractivity contribution < 1.29 is 9.72 Å². The molecule has 0 atom stereocenters. The Hall–Kier alpha value is -3.68. The molecule has 0 unspecified atom stereocenters. The number of nitrogens with one attached hydrogen (secondary N) is 2. The van der Waals surface area contributed by atoms with Gasteiger partial charge in [0.25, 0.3) is 5.69 Å². The third kappa shape index (κ3) is 5.28. The lowest BCUT2D eigenvalue weighted by molar-refractivity contribution is -0.384. The van der Waals surface area contributed by atoms with Gasteiger partial charge in [0.1, 0.15) is 5.82 Å². The van der Waals surface area contributed by atoms with Crippen molar-refractivity contribution in [1.82, 2.24) is 9.55 Å². The van der Waals surface area contributed by atoms with Gasteiger partial charge in [0, 0.05) is 61.2 Å². The van der Waals surface area contributed by atoms with Gasteiger partial charge >= 0.3 is 0 Å². The van der Waals surface area contributed by atoms with Crippen LogP contribution in [0.15, 0.2) is 54.7 Å². The summed E-state index contributed by atoms with van der Waals surface area (Å²) in [5.74, 6) is 1.09. The maximum absolute atomic E-state index is 12.3. The number of aryl methyl sites for hydroxylation is 2. The minimum absolute atomic E-state index is 0.0493. The number of rotatable bonds is 8. The van der Waals surface area contributed by atoms with Gasteiger partial charge in [-0.05, 0) is 43.5 Å². The largest absolute Gasteiger partial charge is 0.385 e. The van der Waals surface area contributed by atoms with Crippen LogP contribution >= 0.6 is 0 Å². The first kappa shape index (κ1) is 20.6. The highest BCUT2D eigenvalue weighted by Crippen LogP contribution is 2.25. The highest BCUT2D eigenvalue weighted by atomic mass is 16.6. The molecule has 0 spiro atoms. The maximum atomic E-state index is 12.3. The molecule has 1 aliphatic rings. The van der Waals surface area contributed by atoms with E-state index >= 15 is 0 Å². The van der Waals surface area contributed by atoms with Crippen molar-refractivity contribution >= 4 is 23.0 Å². The minimum Gasteiger partial charge on any atom is -0.385 e. The van der Waals surface area contributed by atoms with Crippen LogP contribution in [0.3, 0.4) is 0 Å².